The summed E-state index contributed by atoms with van der Waals surface area (Å²) in [6, 6.07) is 0. The van der Waals surface area contributed by atoms with Crippen molar-refractivity contribution in [2.45, 2.75) is 0 Å². The van der Waals surface area contributed by atoms with Gasteiger partial charge in [0.15, 0.2) is 0 Å². The summed E-state index contributed by atoms with van der Waals surface area (Å²) in [5.74, 6) is 0. The Kier molecular flexibility index (Phi) is 138. The maximum Gasteiger partial charge on any atom is 0 e. The van der Waals surface area contributed by atoms with E-state index >= 15 is 0 Å². The molecule has 1 radical (unpaired) electrons. The zero-order valence-corrected chi connectivity index (χ0v) is 10.8. The molecule has 0 rings (SSSR count). The van der Waals surface area contributed by atoms with E-state index in [-0.39, 0.29) is 191 Å². The molecule has 0 heterocycles. The van der Waals surface area contributed by atoms with Crippen molar-refractivity contribution >= 4 is 153 Å². The summed E-state index contributed by atoms with van der Waals surface area (Å²) in [5, 5.41) is 0. The molecule has 0 bridgehead atoms. The predicted octanol–water partition coefficient (Wildman–Crippen LogP) is -2.49. The van der Waals surface area contributed by atoms with Crippen LogP contribution in [0.25, 0.3) is 0 Å². The van der Waals surface area contributed by atoms with Gasteiger partial charge in [-0.3, -0.25) is 0 Å². The predicted molar refractivity (Wildman–Crippen MR) is 24.2 cm³/mol. The summed E-state index contributed by atoms with van der Waals surface area (Å²) in [4.78, 5) is 0. The fourth-order valence-corrected chi connectivity index (χ4v) is 0. The van der Waals surface area contributed by atoms with E-state index in [1.54, 1.807) is 0 Å². The van der Waals surface area contributed by atoms with Crippen LogP contribution in [0.3, 0.4) is 0 Å². The van der Waals surface area contributed by atoms with Crippen LogP contribution in [-0.4, -0.2) is 153 Å². The number of rotatable bonds is 0. The smallest absolute Gasteiger partial charge is 0 e. The molecule has 5 heteroatoms. The first-order chi connectivity index (χ1) is 0. The fraction of sp³-hybridized carbons (Fsp3) is 0. The van der Waals surface area contributed by atoms with Crippen molar-refractivity contribution < 1.29 is 38.1 Å². The van der Waals surface area contributed by atoms with Gasteiger partial charge in [0.25, 0.3) is 0 Å². The van der Waals surface area contributed by atoms with Gasteiger partial charge in [-0.2, -0.15) is 0 Å². The summed E-state index contributed by atoms with van der Waals surface area (Å²) in [6.45, 7) is 0. The summed E-state index contributed by atoms with van der Waals surface area (Å²) in [7, 11) is 0. The van der Waals surface area contributed by atoms with E-state index in [1.807, 2.05) is 0 Å². The van der Waals surface area contributed by atoms with Gasteiger partial charge in [-0.25, -0.2) is 0 Å². The monoisotopic (exact) mass is 679 g/mol. The van der Waals surface area contributed by atoms with E-state index < -0.39 is 0 Å². The molecule has 0 unspecified atom stereocenters. The van der Waals surface area contributed by atoms with Gasteiger partial charge in [0.05, 0.1) is 0 Å². The minimum absolute atomic E-state index is 0. The van der Waals surface area contributed by atoms with Crippen molar-refractivity contribution in [3.05, 3.63) is 0 Å². The molecule has 0 aromatic heterocycles. The van der Waals surface area contributed by atoms with E-state index in [0.717, 1.165) is 0 Å². The summed E-state index contributed by atoms with van der Waals surface area (Å²) >= 11 is 0. The molecule has 0 spiro atoms. The summed E-state index contributed by atoms with van der Waals surface area (Å²) in [5.41, 5.74) is 0. The van der Waals surface area contributed by atoms with Crippen LogP contribution in [0.15, 0.2) is 0 Å². The molecule has 0 atom stereocenters. The maximum absolute atomic E-state index is 0. The van der Waals surface area contributed by atoms with Gasteiger partial charge in [0.1, 0.15) is 0 Å². The Labute approximate surface area is 184 Å². The van der Waals surface area contributed by atoms with Crippen molar-refractivity contribution in [3.63, 3.8) is 0 Å². The largest absolute Gasteiger partial charge is 0 e. The Bertz CT molecular complexity index is 11.6. The van der Waals surface area contributed by atoms with Crippen LogP contribution < -0.4 is 0 Å². The Morgan fingerprint density at radius 1 is 1.00 bits per heavy atom. The van der Waals surface area contributed by atoms with E-state index in [2.05, 4.69) is 0 Å². The molecule has 0 aliphatic heterocycles. The average Bonchev–Trinajstić information content (AvgIpc) is 0. The molecule has 0 aliphatic rings. The van der Waals surface area contributed by atoms with Crippen LogP contribution in [-0.2, 0) is 38.1 Å². The first-order valence-corrected chi connectivity index (χ1v) is 0. The molecule has 0 fully saturated rings. The van der Waals surface area contributed by atoms with Gasteiger partial charge >= 0.3 is 153 Å². The number of hydrogen-bond donors (Lipinski definition) is 0. The average molecular weight is 680 g/mol. The van der Waals surface area contributed by atoms with E-state index in [1.165, 1.54) is 0 Å². The maximum atomic E-state index is 0. The van der Waals surface area contributed by atoms with Crippen LogP contribution in [0.4, 0.5) is 0 Å². The minimum atomic E-state index is 0. The second-order valence-corrected chi connectivity index (χ2v) is 0. The third-order valence-electron chi connectivity index (χ3n) is 0. The minimum Gasteiger partial charge on any atom is 0 e. The third kappa shape index (κ3) is 17.8. The van der Waals surface area contributed by atoms with Gasteiger partial charge < -0.3 is 0 Å². The zero-order chi connectivity index (χ0) is 0. The SMILES string of the molecule is [BiH3].[CsH].[Cu].[RbH].[W]. The first kappa shape index (κ1) is 30.6. The molecule has 0 nitrogen and oxygen atoms in total. The van der Waals surface area contributed by atoms with Crippen molar-refractivity contribution in [3.8, 4) is 0 Å². The Morgan fingerprint density at radius 3 is 1.00 bits per heavy atom. The van der Waals surface area contributed by atoms with Crippen LogP contribution in [0, 0.1) is 0 Å². The second kappa shape index (κ2) is 22.5. The molecule has 29 valence electrons. The molecule has 0 saturated carbocycles. The van der Waals surface area contributed by atoms with E-state index in [0.29, 0.717) is 0 Å². The molecule has 0 aliphatic carbocycles. The fourth-order valence-electron chi connectivity index (χ4n) is 0. The van der Waals surface area contributed by atoms with Gasteiger partial charge in [0, 0.05) is 38.1 Å². The zero-order valence-electron chi connectivity index (χ0n) is 1.42. The van der Waals surface area contributed by atoms with Crippen LogP contribution in [0.5, 0.6) is 0 Å². The molecule has 0 amide bonds. The molecule has 0 aromatic rings. The second-order valence-electron chi connectivity index (χ2n) is 0. The normalized spacial score (nSPS) is 0. The molecular formula is H5BiCsCuRbW. The van der Waals surface area contributed by atoms with E-state index in [4.69, 9.17) is 0 Å². The van der Waals surface area contributed by atoms with Crippen LogP contribution in [0.2, 0.25) is 0 Å². The Hall–Kier alpha value is 5.95. The van der Waals surface area contributed by atoms with Crippen molar-refractivity contribution in [2.75, 3.05) is 0 Å². The number of hydrogen-bond acceptors (Lipinski definition) is 0. The summed E-state index contributed by atoms with van der Waals surface area (Å²) < 4.78 is 0. The van der Waals surface area contributed by atoms with Gasteiger partial charge in [0.2, 0.25) is 0 Å². The van der Waals surface area contributed by atoms with Gasteiger partial charge in [-0.1, -0.05) is 0 Å². The molecule has 0 saturated heterocycles. The Morgan fingerprint density at radius 2 is 1.00 bits per heavy atom. The van der Waals surface area contributed by atoms with Crippen molar-refractivity contribution in [1.29, 1.82) is 0 Å². The quantitative estimate of drug-likeness (QED) is 0.249. The molecule has 0 N–H and O–H groups in total. The first-order valence-electron chi connectivity index (χ1n) is 0. The van der Waals surface area contributed by atoms with Crippen molar-refractivity contribution in [1.82, 2.24) is 0 Å². The van der Waals surface area contributed by atoms with Crippen LogP contribution >= 0.6 is 0 Å². The molecular weight excluding hydrogens is 675 g/mol. The molecule has 5 heavy (non-hydrogen) atoms. The summed E-state index contributed by atoms with van der Waals surface area (Å²) in [6.07, 6.45) is 0. The van der Waals surface area contributed by atoms with Gasteiger partial charge in [-0.15, -0.1) is 0 Å². The third-order valence-corrected chi connectivity index (χ3v) is 0. The van der Waals surface area contributed by atoms with E-state index in [9.17, 15) is 0 Å². The topological polar surface area (TPSA) is 0 Å². The standard InChI is InChI=1S/Bi.Cs.Cu.Rb.W.5H. The van der Waals surface area contributed by atoms with Crippen molar-refractivity contribution in [2.24, 2.45) is 0 Å². The van der Waals surface area contributed by atoms with Crippen LogP contribution in [0.1, 0.15) is 0 Å². The Balaban J connectivity index is 0. The molecule has 0 aromatic carbocycles. The van der Waals surface area contributed by atoms with Gasteiger partial charge in [-0.05, 0) is 0 Å².